The van der Waals surface area contributed by atoms with Gasteiger partial charge in [0.25, 0.3) is 0 Å². The quantitative estimate of drug-likeness (QED) is 0.824. The van der Waals surface area contributed by atoms with Crippen molar-refractivity contribution in [2.24, 2.45) is 11.7 Å². The van der Waals surface area contributed by atoms with E-state index in [1.807, 2.05) is 0 Å². The van der Waals surface area contributed by atoms with Crippen LogP contribution in [0.3, 0.4) is 0 Å². The number of hydrogen-bond donors (Lipinski definition) is 1. The molecule has 2 nitrogen and oxygen atoms in total. The molecule has 0 spiro atoms. The second kappa shape index (κ2) is 6.08. The molecule has 0 bridgehead atoms. The summed E-state index contributed by atoms with van der Waals surface area (Å²) >= 11 is 13.3. The van der Waals surface area contributed by atoms with Gasteiger partial charge in [-0.3, -0.25) is 0 Å². The largest absolute Gasteiger partial charge is 0.491 e. The van der Waals surface area contributed by atoms with Crippen LogP contribution >= 0.6 is 39.7 Å². The summed E-state index contributed by atoms with van der Waals surface area (Å²) in [6, 6.07) is 4.57. The summed E-state index contributed by atoms with van der Waals surface area (Å²) in [5.74, 6) is -1.85. The van der Waals surface area contributed by atoms with E-state index in [4.69, 9.17) is 22.1 Å². The second-order valence-electron chi connectivity index (χ2n) is 3.38. The van der Waals surface area contributed by atoms with Crippen molar-refractivity contribution in [3.8, 4) is 5.75 Å². The zero-order valence-electron chi connectivity index (χ0n) is 8.80. The molecule has 0 aromatic heterocycles. The van der Waals surface area contributed by atoms with Gasteiger partial charge in [0.15, 0.2) is 0 Å². The van der Waals surface area contributed by atoms with E-state index in [2.05, 4.69) is 28.1 Å². The molecule has 0 aliphatic heterocycles. The zero-order valence-corrected chi connectivity index (χ0v) is 12.0. The Hall–Kier alpha value is -0.530. The molecule has 1 aromatic carbocycles. The minimum Gasteiger partial charge on any atom is -0.491 e. The fourth-order valence-electron chi connectivity index (χ4n) is 1.10. The van der Waals surface area contributed by atoms with E-state index in [0.717, 1.165) is 0 Å². The monoisotopic (exact) mass is 361 g/mol. The van der Waals surface area contributed by atoms with Crippen LogP contribution < -0.4 is 10.5 Å². The minimum atomic E-state index is -4.53. The van der Waals surface area contributed by atoms with Gasteiger partial charge in [0.05, 0.1) is 10.0 Å². The molecule has 100 valence electrons. The Balaban J connectivity index is 2.77. The van der Waals surface area contributed by atoms with Crippen LogP contribution in [0.15, 0.2) is 22.7 Å². The van der Waals surface area contributed by atoms with Crippen LogP contribution in [-0.4, -0.2) is 17.8 Å². The van der Waals surface area contributed by atoms with E-state index in [9.17, 15) is 13.2 Å². The molecule has 1 aromatic rings. The number of thiocarbonyl (C=S) groups is 1. The first-order chi connectivity index (χ1) is 8.21. The van der Waals surface area contributed by atoms with Crippen molar-refractivity contribution in [2.75, 3.05) is 6.61 Å². The molecule has 2 N–H and O–H groups in total. The van der Waals surface area contributed by atoms with E-state index in [0.29, 0.717) is 4.47 Å². The molecule has 8 heteroatoms. The van der Waals surface area contributed by atoms with Crippen molar-refractivity contribution < 1.29 is 17.9 Å². The third-order valence-electron chi connectivity index (χ3n) is 2.04. The summed E-state index contributed by atoms with van der Waals surface area (Å²) in [5, 5.41) is 0.202. The average Bonchev–Trinajstić information content (AvgIpc) is 2.18. The van der Waals surface area contributed by atoms with Crippen molar-refractivity contribution in [3.63, 3.8) is 0 Å². The normalized spacial score (nSPS) is 13.2. The van der Waals surface area contributed by atoms with Crippen LogP contribution in [-0.2, 0) is 0 Å². The Morgan fingerprint density at radius 1 is 1.50 bits per heavy atom. The maximum atomic E-state index is 12.6. The molecule has 0 saturated carbocycles. The highest BCUT2D eigenvalue weighted by Crippen LogP contribution is 2.31. The Morgan fingerprint density at radius 2 is 2.11 bits per heavy atom. The molecule has 0 radical (unpaired) electrons. The Morgan fingerprint density at radius 3 is 2.56 bits per heavy atom. The van der Waals surface area contributed by atoms with E-state index in [1.165, 1.54) is 12.1 Å². The minimum absolute atomic E-state index is 0.144. The molecule has 0 amide bonds. The van der Waals surface area contributed by atoms with Gasteiger partial charge >= 0.3 is 6.18 Å². The zero-order chi connectivity index (χ0) is 13.9. The van der Waals surface area contributed by atoms with Crippen LogP contribution in [0.5, 0.6) is 5.75 Å². The van der Waals surface area contributed by atoms with Gasteiger partial charge in [-0.15, -0.1) is 0 Å². The SMILES string of the molecule is NC(=S)C(COc1ccc(Br)cc1Cl)C(F)(F)F. The lowest BCUT2D eigenvalue weighted by Crippen LogP contribution is -2.38. The van der Waals surface area contributed by atoms with Gasteiger partial charge in [0.2, 0.25) is 0 Å². The maximum Gasteiger partial charge on any atom is 0.401 e. The third kappa shape index (κ3) is 4.29. The highest BCUT2D eigenvalue weighted by Gasteiger charge is 2.42. The fourth-order valence-corrected chi connectivity index (χ4v) is 2.03. The van der Waals surface area contributed by atoms with Gasteiger partial charge in [0, 0.05) is 4.47 Å². The molecular formula is C10H8BrClF3NOS. The van der Waals surface area contributed by atoms with Crippen molar-refractivity contribution >= 4 is 44.7 Å². The molecule has 1 unspecified atom stereocenters. The first-order valence-corrected chi connectivity index (χ1v) is 6.23. The van der Waals surface area contributed by atoms with Crippen molar-refractivity contribution in [1.29, 1.82) is 0 Å². The number of alkyl halides is 3. The van der Waals surface area contributed by atoms with Gasteiger partial charge < -0.3 is 10.5 Å². The fraction of sp³-hybridized carbons (Fsp3) is 0.300. The van der Waals surface area contributed by atoms with Gasteiger partial charge in [-0.05, 0) is 18.2 Å². The molecule has 1 atom stereocenters. The number of halogens is 5. The highest BCUT2D eigenvalue weighted by molar-refractivity contribution is 9.10. The van der Waals surface area contributed by atoms with Gasteiger partial charge in [0.1, 0.15) is 18.3 Å². The molecule has 1 rings (SSSR count). The molecule has 0 aliphatic carbocycles. The summed E-state index contributed by atoms with van der Waals surface area (Å²) in [4.78, 5) is -0.657. The van der Waals surface area contributed by atoms with E-state index < -0.39 is 23.7 Å². The number of nitrogens with two attached hydrogens (primary N) is 1. The number of rotatable bonds is 4. The summed E-state index contributed by atoms with van der Waals surface area (Å²) in [6.45, 7) is -0.694. The first kappa shape index (κ1) is 15.5. The summed E-state index contributed by atoms with van der Waals surface area (Å²) in [5.41, 5.74) is 5.04. The predicted octanol–water partition coefficient (Wildman–Crippen LogP) is 3.95. The van der Waals surface area contributed by atoms with Gasteiger partial charge in [-0.25, -0.2) is 0 Å². The van der Waals surface area contributed by atoms with Crippen LogP contribution in [0, 0.1) is 5.92 Å². The van der Waals surface area contributed by atoms with Crippen LogP contribution in [0.4, 0.5) is 13.2 Å². The summed E-state index contributed by atoms with van der Waals surface area (Å²) in [6.07, 6.45) is -4.53. The number of benzene rings is 1. The van der Waals surface area contributed by atoms with E-state index in [1.54, 1.807) is 6.07 Å². The third-order valence-corrected chi connectivity index (χ3v) is 3.11. The number of ether oxygens (including phenoxy) is 1. The predicted molar refractivity (Wildman–Crippen MR) is 71.0 cm³/mol. The Kier molecular flexibility index (Phi) is 5.24. The van der Waals surface area contributed by atoms with Crippen LogP contribution in [0.2, 0.25) is 5.02 Å². The van der Waals surface area contributed by atoms with Gasteiger partial charge in [-0.2, -0.15) is 13.2 Å². The van der Waals surface area contributed by atoms with Gasteiger partial charge in [-0.1, -0.05) is 39.7 Å². The number of hydrogen-bond acceptors (Lipinski definition) is 2. The molecule has 0 aliphatic rings. The lowest BCUT2D eigenvalue weighted by atomic mass is 10.1. The molecule has 18 heavy (non-hydrogen) atoms. The first-order valence-electron chi connectivity index (χ1n) is 4.65. The standard InChI is InChI=1S/C10H8BrClF3NOS/c11-5-1-2-8(7(12)3-5)17-4-6(9(16)18)10(13,14)15/h1-3,6H,4H2,(H2,16,18). The van der Waals surface area contributed by atoms with Crippen molar-refractivity contribution in [2.45, 2.75) is 6.18 Å². The average molecular weight is 363 g/mol. The van der Waals surface area contributed by atoms with E-state index >= 15 is 0 Å². The summed E-state index contributed by atoms with van der Waals surface area (Å²) < 4.78 is 43.3. The van der Waals surface area contributed by atoms with Crippen LogP contribution in [0.1, 0.15) is 0 Å². The lowest BCUT2D eigenvalue weighted by Gasteiger charge is -2.19. The lowest BCUT2D eigenvalue weighted by molar-refractivity contribution is -0.161. The smallest absolute Gasteiger partial charge is 0.401 e. The molecule has 0 saturated heterocycles. The molecular weight excluding hydrogens is 355 g/mol. The van der Waals surface area contributed by atoms with Crippen molar-refractivity contribution in [1.82, 2.24) is 0 Å². The Bertz CT molecular complexity index is 455. The second-order valence-corrected chi connectivity index (χ2v) is 5.18. The van der Waals surface area contributed by atoms with Crippen molar-refractivity contribution in [3.05, 3.63) is 27.7 Å². The Labute approximate surface area is 120 Å². The summed E-state index contributed by atoms with van der Waals surface area (Å²) in [7, 11) is 0. The maximum absolute atomic E-state index is 12.6. The molecule has 0 fully saturated rings. The van der Waals surface area contributed by atoms with E-state index in [-0.39, 0.29) is 10.8 Å². The van der Waals surface area contributed by atoms with Crippen LogP contribution in [0.25, 0.3) is 0 Å². The molecule has 0 heterocycles. The topological polar surface area (TPSA) is 35.2 Å². The highest BCUT2D eigenvalue weighted by atomic mass is 79.9.